The fourth-order valence-corrected chi connectivity index (χ4v) is 4.82. The number of aromatic amines is 2. The largest absolute Gasteiger partial charge is 0.335 e. The molecule has 0 aliphatic heterocycles. The first-order chi connectivity index (χ1) is 19.7. The highest BCUT2D eigenvalue weighted by Crippen LogP contribution is 2.32. The number of fused-ring (bicyclic) bond motifs is 2. The zero-order valence-corrected chi connectivity index (χ0v) is 21.3. The summed E-state index contributed by atoms with van der Waals surface area (Å²) < 4.78 is 14.6. The van der Waals surface area contributed by atoms with Gasteiger partial charge < -0.3 is 10.3 Å². The van der Waals surface area contributed by atoms with Crippen LogP contribution in [-0.4, -0.2) is 35.1 Å². The van der Waals surface area contributed by atoms with Crippen molar-refractivity contribution in [2.75, 3.05) is 0 Å². The first-order valence-corrected chi connectivity index (χ1v) is 12.9. The summed E-state index contributed by atoms with van der Waals surface area (Å²) in [6.07, 6.45) is 6.97. The van der Waals surface area contributed by atoms with E-state index in [0.717, 1.165) is 28.9 Å². The van der Waals surface area contributed by atoms with Crippen LogP contribution >= 0.6 is 0 Å². The Labute approximate surface area is 228 Å². The third-order valence-corrected chi connectivity index (χ3v) is 6.78. The van der Waals surface area contributed by atoms with Crippen molar-refractivity contribution in [1.29, 1.82) is 0 Å². The Balaban J connectivity index is 1.21. The molecule has 7 aromatic rings. The van der Waals surface area contributed by atoms with Crippen LogP contribution in [0.4, 0.5) is 4.39 Å². The van der Waals surface area contributed by atoms with Gasteiger partial charge in [0.2, 0.25) is 0 Å². The molecule has 3 N–H and O–H groups in total. The van der Waals surface area contributed by atoms with Crippen molar-refractivity contribution in [3.8, 4) is 33.9 Å². The molecule has 7 rings (SSSR count). The van der Waals surface area contributed by atoms with Gasteiger partial charge in [-0.15, -0.1) is 0 Å². The molecule has 0 bridgehead atoms. The molecule has 0 unspecified atom stereocenters. The van der Waals surface area contributed by atoms with E-state index in [0.29, 0.717) is 45.7 Å². The molecule has 0 fully saturated rings. The van der Waals surface area contributed by atoms with Gasteiger partial charge in [-0.1, -0.05) is 48.5 Å². The van der Waals surface area contributed by atoms with E-state index in [2.05, 4.69) is 48.7 Å². The van der Waals surface area contributed by atoms with Crippen LogP contribution in [0.1, 0.15) is 11.1 Å². The summed E-state index contributed by atoms with van der Waals surface area (Å²) in [5, 5.41) is 11.0. The average molecular weight is 527 g/mol. The van der Waals surface area contributed by atoms with E-state index >= 15 is 0 Å². The molecule has 194 valence electrons. The number of halogens is 1. The van der Waals surface area contributed by atoms with Crippen molar-refractivity contribution < 1.29 is 4.39 Å². The Morgan fingerprint density at radius 3 is 2.42 bits per heavy atom. The third-order valence-electron chi connectivity index (χ3n) is 6.78. The van der Waals surface area contributed by atoms with Crippen LogP contribution < -0.4 is 5.32 Å². The summed E-state index contributed by atoms with van der Waals surface area (Å²) in [6, 6.07) is 22.9. The molecule has 5 heterocycles. The lowest BCUT2D eigenvalue weighted by Gasteiger charge is -2.07. The summed E-state index contributed by atoms with van der Waals surface area (Å²) in [6.45, 7) is 1.46. The molecule has 9 heteroatoms. The average Bonchev–Trinajstić information content (AvgIpc) is 3.62. The highest BCUT2D eigenvalue weighted by molar-refractivity contribution is 5.95. The number of benzene rings is 2. The van der Waals surface area contributed by atoms with E-state index in [1.165, 1.54) is 11.6 Å². The Morgan fingerprint density at radius 2 is 1.52 bits per heavy atom. The molecule has 40 heavy (non-hydrogen) atoms. The van der Waals surface area contributed by atoms with Gasteiger partial charge in [0, 0.05) is 48.4 Å². The van der Waals surface area contributed by atoms with Gasteiger partial charge in [-0.2, -0.15) is 5.10 Å². The maximum Gasteiger partial charge on any atom is 0.161 e. The molecule has 5 aromatic heterocycles. The predicted molar refractivity (Wildman–Crippen MR) is 152 cm³/mol. The van der Waals surface area contributed by atoms with Crippen molar-refractivity contribution in [3.63, 3.8) is 0 Å². The minimum absolute atomic E-state index is 0.330. The molecule has 2 aromatic carbocycles. The van der Waals surface area contributed by atoms with Crippen molar-refractivity contribution in [2.24, 2.45) is 0 Å². The maximum absolute atomic E-state index is 14.6. The highest BCUT2D eigenvalue weighted by atomic mass is 19.1. The smallest absolute Gasteiger partial charge is 0.161 e. The van der Waals surface area contributed by atoms with E-state index in [1.54, 1.807) is 30.6 Å². The van der Waals surface area contributed by atoms with E-state index < -0.39 is 0 Å². The first kappa shape index (κ1) is 23.8. The number of nitrogens with zero attached hydrogens (tertiary/aromatic N) is 5. The lowest BCUT2D eigenvalue weighted by Crippen LogP contribution is -2.12. The molecule has 0 radical (unpaired) electrons. The topological polar surface area (TPSA) is 108 Å². The zero-order chi connectivity index (χ0) is 26.9. The van der Waals surface area contributed by atoms with E-state index in [4.69, 9.17) is 9.97 Å². The number of nitrogens with one attached hydrogen (secondary N) is 3. The van der Waals surface area contributed by atoms with Crippen LogP contribution in [-0.2, 0) is 13.1 Å². The van der Waals surface area contributed by atoms with Gasteiger partial charge >= 0.3 is 0 Å². The monoisotopic (exact) mass is 526 g/mol. The zero-order valence-electron chi connectivity index (χ0n) is 21.3. The molecule has 0 saturated heterocycles. The first-order valence-electron chi connectivity index (χ1n) is 12.9. The summed E-state index contributed by atoms with van der Waals surface area (Å²) >= 11 is 0. The Morgan fingerprint density at radius 1 is 0.700 bits per heavy atom. The van der Waals surface area contributed by atoms with Gasteiger partial charge in [0.05, 0.1) is 22.9 Å². The standard InChI is InChI=1S/C31H23FN8/c32-24-9-5-4-8-22(24)23-17-35-18-27-28(23)38-31(37-27)30-29-26(39-40-30)11-10-25(36-29)21-12-20(15-34-16-21)14-33-13-19-6-2-1-3-7-19/h1-12,15-18,33H,13-14H2,(H,37,38)(H,39,40). The van der Waals surface area contributed by atoms with Crippen molar-refractivity contribution in [3.05, 3.63) is 115 Å². The maximum atomic E-state index is 14.6. The van der Waals surface area contributed by atoms with Gasteiger partial charge in [0.15, 0.2) is 11.5 Å². The molecule has 0 amide bonds. The van der Waals surface area contributed by atoms with Crippen LogP contribution in [0.15, 0.2) is 97.6 Å². The minimum atomic E-state index is -0.330. The molecule has 0 spiro atoms. The van der Waals surface area contributed by atoms with Crippen LogP contribution in [0, 0.1) is 5.82 Å². The molecule has 0 saturated carbocycles. The molecular formula is C31H23FN8. The quantitative estimate of drug-likeness (QED) is 0.233. The SMILES string of the molecule is Fc1ccccc1-c1cncc2[nH]c(-c3n[nH]c4ccc(-c5cncc(CNCc6ccccc6)c5)nc34)nc12. The van der Waals surface area contributed by atoms with E-state index in [-0.39, 0.29) is 5.82 Å². The van der Waals surface area contributed by atoms with Gasteiger partial charge in [0.1, 0.15) is 16.9 Å². The Kier molecular flexibility index (Phi) is 6.02. The second-order valence-electron chi connectivity index (χ2n) is 9.48. The van der Waals surface area contributed by atoms with Crippen molar-refractivity contribution >= 4 is 22.1 Å². The number of hydrogen-bond donors (Lipinski definition) is 3. The number of H-pyrrole nitrogens is 2. The number of pyridine rings is 3. The molecule has 0 aliphatic rings. The van der Waals surface area contributed by atoms with Crippen LogP contribution in [0.2, 0.25) is 0 Å². The molecular weight excluding hydrogens is 503 g/mol. The lowest BCUT2D eigenvalue weighted by molar-refractivity contribution is 0.631. The van der Waals surface area contributed by atoms with Crippen LogP contribution in [0.5, 0.6) is 0 Å². The fourth-order valence-electron chi connectivity index (χ4n) is 4.82. The summed E-state index contributed by atoms with van der Waals surface area (Å²) in [5.74, 6) is 0.192. The Hall–Kier alpha value is -5.28. The second kappa shape index (κ2) is 10.1. The fraction of sp³-hybridized carbons (Fsp3) is 0.0645. The molecule has 0 aliphatic carbocycles. The Bertz CT molecular complexity index is 1960. The summed E-state index contributed by atoms with van der Waals surface area (Å²) in [4.78, 5) is 21.7. The highest BCUT2D eigenvalue weighted by Gasteiger charge is 2.18. The summed E-state index contributed by atoms with van der Waals surface area (Å²) in [7, 11) is 0. The third kappa shape index (κ3) is 4.48. The number of hydrogen-bond acceptors (Lipinski definition) is 6. The van der Waals surface area contributed by atoms with Crippen molar-refractivity contribution in [1.82, 2.24) is 40.4 Å². The van der Waals surface area contributed by atoms with Gasteiger partial charge in [-0.25, -0.2) is 14.4 Å². The normalized spacial score (nSPS) is 11.4. The molecule has 8 nitrogen and oxygen atoms in total. The molecule has 0 atom stereocenters. The van der Waals surface area contributed by atoms with Gasteiger partial charge in [-0.05, 0) is 35.4 Å². The number of aromatic nitrogens is 7. The van der Waals surface area contributed by atoms with Crippen LogP contribution in [0.3, 0.4) is 0 Å². The van der Waals surface area contributed by atoms with E-state index in [1.807, 2.05) is 42.7 Å². The van der Waals surface area contributed by atoms with Crippen molar-refractivity contribution in [2.45, 2.75) is 13.1 Å². The lowest BCUT2D eigenvalue weighted by atomic mass is 10.1. The number of imidazole rings is 1. The predicted octanol–water partition coefficient (Wildman–Crippen LogP) is 6.05. The van der Waals surface area contributed by atoms with Gasteiger partial charge in [0.25, 0.3) is 0 Å². The minimum Gasteiger partial charge on any atom is -0.335 e. The van der Waals surface area contributed by atoms with Crippen LogP contribution in [0.25, 0.3) is 56.0 Å². The summed E-state index contributed by atoms with van der Waals surface area (Å²) in [5.41, 5.74) is 8.34. The van der Waals surface area contributed by atoms with Gasteiger partial charge in [-0.3, -0.25) is 15.1 Å². The number of rotatable bonds is 7. The second-order valence-corrected chi connectivity index (χ2v) is 9.48. The van der Waals surface area contributed by atoms with E-state index in [9.17, 15) is 4.39 Å².